The van der Waals surface area contributed by atoms with E-state index in [-0.39, 0.29) is 12.0 Å². The molecule has 0 aromatic heterocycles. The molecule has 0 saturated heterocycles. The number of fused-ring (bicyclic) bond motifs is 1. The highest BCUT2D eigenvalue weighted by molar-refractivity contribution is 6.32. The number of hydrogen-bond acceptors (Lipinski definition) is 2. The molecular weight excluding hydrogens is 210 g/mol. The van der Waals surface area contributed by atoms with Gasteiger partial charge in [-0.1, -0.05) is 17.7 Å². The van der Waals surface area contributed by atoms with Crippen LogP contribution in [0.25, 0.3) is 0 Å². The fraction of sp³-hybridized carbons (Fsp3) is 0.417. The first-order chi connectivity index (χ1) is 7.11. The molecule has 2 atom stereocenters. The molecule has 0 saturated carbocycles. The van der Waals surface area contributed by atoms with Gasteiger partial charge in [0.25, 0.3) is 0 Å². The van der Waals surface area contributed by atoms with E-state index in [1.807, 2.05) is 26.0 Å². The standard InChI is InChI=1S/C12H12ClNO/c1-7(6-14)9-4-10-3-8(2)15-12(10)11(13)5-9/h4-5,7-8H,3H2,1-2H3. The van der Waals surface area contributed by atoms with Crippen LogP contribution in [0.2, 0.25) is 5.02 Å². The highest BCUT2D eigenvalue weighted by atomic mass is 35.5. The lowest BCUT2D eigenvalue weighted by molar-refractivity contribution is 0.255. The smallest absolute Gasteiger partial charge is 0.141 e. The summed E-state index contributed by atoms with van der Waals surface area (Å²) >= 11 is 6.11. The summed E-state index contributed by atoms with van der Waals surface area (Å²) < 4.78 is 5.59. The number of nitriles is 1. The Balaban J connectivity index is 2.45. The molecule has 0 aliphatic carbocycles. The Morgan fingerprint density at radius 1 is 1.60 bits per heavy atom. The number of hydrogen-bond donors (Lipinski definition) is 0. The van der Waals surface area contributed by atoms with E-state index < -0.39 is 0 Å². The van der Waals surface area contributed by atoms with Crippen LogP contribution in [0.1, 0.15) is 30.9 Å². The number of halogens is 1. The molecule has 1 aliphatic heterocycles. The van der Waals surface area contributed by atoms with Gasteiger partial charge in [-0.2, -0.15) is 5.26 Å². The summed E-state index contributed by atoms with van der Waals surface area (Å²) in [5, 5.41) is 9.47. The molecule has 0 amide bonds. The maximum atomic E-state index is 8.86. The summed E-state index contributed by atoms with van der Waals surface area (Å²) in [4.78, 5) is 0. The van der Waals surface area contributed by atoms with Gasteiger partial charge >= 0.3 is 0 Å². The van der Waals surface area contributed by atoms with Crippen molar-refractivity contribution in [3.63, 3.8) is 0 Å². The zero-order valence-corrected chi connectivity index (χ0v) is 9.51. The lowest BCUT2D eigenvalue weighted by Gasteiger charge is -2.08. The second-order valence-corrected chi connectivity index (χ2v) is 4.38. The van der Waals surface area contributed by atoms with E-state index >= 15 is 0 Å². The molecule has 0 bridgehead atoms. The number of benzene rings is 1. The van der Waals surface area contributed by atoms with Gasteiger partial charge < -0.3 is 4.74 Å². The predicted molar refractivity (Wildman–Crippen MR) is 59.3 cm³/mol. The van der Waals surface area contributed by atoms with Gasteiger partial charge in [0, 0.05) is 6.42 Å². The number of nitrogens with zero attached hydrogens (tertiary/aromatic N) is 1. The van der Waals surface area contributed by atoms with Gasteiger partial charge in [-0.25, -0.2) is 0 Å². The summed E-state index contributed by atoms with van der Waals surface area (Å²) in [6, 6.07) is 6.06. The zero-order chi connectivity index (χ0) is 11.0. The molecule has 1 heterocycles. The van der Waals surface area contributed by atoms with Gasteiger partial charge in [0.05, 0.1) is 17.0 Å². The van der Waals surface area contributed by atoms with Gasteiger partial charge in [-0.3, -0.25) is 0 Å². The van der Waals surface area contributed by atoms with Crippen molar-refractivity contribution in [2.45, 2.75) is 32.3 Å². The monoisotopic (exact) mass is 221 g/mol. The number of ether oxygens (including phenoxy) is 1. The van der Waals surface area contributed by atoms with Crippen molar-refractivity contribution in [3.05, 3.63) is 28.3 Å². The first-order valence-electron chi connectivity index (χ1n) is 5.00. The Hall–Kier alpha value is -1.20. The van der Waals surface area contributed by atoms with Crippen molar-refractivity contribution < 1.29 is 4.74 Å². The van der Waals surface area contributed by atoms with Gasteiger partial charge in [0.1, 0.15) is 11.9 Å². The van der Waals surface area contributed by atoms with Crippen LogP contribution in [-0.2, 0) is 6.42 Å². The highest BCUT2D eigenvalue weighted by Gasteiger charge is 2.23. The molecule has 0 spiro atoms. The quantitative estimate of drug-likeness (QED) is 0.729. The molecule has 1 aromatic rings. The summed E-state index contributed by atoms with van der Waals surface area (Å²) in [5.41, 5.74) is 2.09. The van der Waals surface area contributed by atoms with Crippen molar-refractivity contribution in [2.75, 3.05) is 0 Å². The Morgan fingerprint density at radius 2 is 2.33 bits per heavy atom. The van der Waals surface area contributed by atoms with Crippen molar-refractivity contribution in [1.82, 2.24) is 0 Å². The normalized spacial score (nSPS) is 20.3. The molecule has 0 fully saturated rings. The van der Waals surface area contributed by atoms with Crippen LogP contribution in [0.15, 0.2) is 12.1 Å². The van der Waals surface area contributed by atoms with E-state index in [1.165, 1.54) is 0 Å². The van der Waals surface area contributed by atoms with Crippen molar-refractivity contribution in [3.8, 4) is 11.8 Å². The average Bonchev–Trinajstić information content (AvgIpc) is 2.58. The minimum absolute atomic E-state index is 0.122. The van der Waals surface area contributed by atoms with E-state index in [9.17, 15) is 0 Å². The Labute approximate surface area is 94.4 Å². The van der Waals surface area contributed by atoms with Gasteiger partial charge in [-0.15, -0.1) is 0 Å². The molecule has 15 heavy (non-hydrogen) atoms. The topological polar surface area (TPSA) is 33.0 Å². The molecule has 78 valence electrons. The van der Waals surface area contributed by atoms with E-state index in [0.717, 1.165) is 23.3 Å². The third-order valence-electron chi connectivity index (χ3n) is 2.66. The fourth-order valence-electron chi connectivity index (χ4n) is 1.83. The summed E-state index contributed by atoms with van der Waals surface area (Å²) in [5.74, 6) is 0.668. The molecule has 0 N–H and O–H groups in total. The predicted octanol–water partition coefficient (Wildman–Crippen LogP) is 3.29. The van der Waals surface area contributed by atoms with E-state index in [4.69, 9.17) is 21.6 Å². The lowest BCUT2D eigenvalue weighted by Crippen LogP contribution is -2.05. The zero-order valence-electron chi connectivity index (χ0n) is 8.75. The third-order valence-corrected chi connectivity index (χ3v) is 2.94. The second-order valence-electron chi connectivity index (χ2n) is 3.97. The first kappa shape index (κ1) is 10.3. The van der Waals surface area contributed by atoms with Crippen LogP contribution >= 0.6 is 11.6 Å². The molecule has 0 radical (unpaired) electrons. The molecule has 1 aliphatic rings. The maximum absolute atomic E-state index is 8.86. The van der Waals surface area contributed by atoms with Gasteiger partial charge in [-0.05, 0) is 31.0 Å². The van der Waals surface area contributed by atoms with Crippen molar-refractivity contribution >= 4 is 11.6 Å². The maximum Gasteiger partial charge on any atom is 0.141 e. The molecule has 2 unspecified atom stereocenters. The summed E-state index contributed by atoms with van der Waals surface area (Å²) in [7, 11) is 0. The Bertz CT molecular complexity index is 436. The van der Waals surface area contributed by atoms with E-state index in [2.05, 4.69) is 6.07 Å². The third kappa shape index (κ3) is 1.80. The Kier molecular flexibility index (Phi) is 2.58. The molecule has 2 nitrogen and oxygen atoms in total. The minimum atomic E-state index is -0.122. The second kappa shape index (κ2) is 3.75. The van der Waals surface area contributed by atoms with Gasteiger partial charge in [0.15, 0.2) is 0 Å². The number of rotatable bonds is 1. The van der Waals surface area contributed by atoms with Crippen LogP contribution in [0, 0.1) is 11.3 Å². The minimum Gasteiger partial charge on any atom is -0.489 e. The van der Waals surface area contributed by atoms with Crippen LogP contribution < -0.4 is 4.74 Å². The van der Waals surface area contributed by atoms with Crippen LogP contribution in [-0.4, -0.2) is 6.10 Å². The molecule has 1 aromatic carbocycles. The van der Waals surface area contributed by atoms with Crippen LogP contribution in [0.3, 0.4) is 0 Å². The van der Waals surface area contributed by atoms with Crippen molar-refractivity contribution in [1.29, 1.82) is 5.26 Å². The van der Waals surface area contributed by atoms with E-state index in [1.54, 1.807) is 0 Å². The van der Waals surface area contributed by atoms with Crippen LogP contribution in [0.5, 0.6) is 5.75 Å². The van der Waals surface area contributed by atoms with Gasteiger partial charge in [0.2, 0.25) is 0 Å². The largest absolute Gasteiger partial charge is 0.489 e. The SMILES string of the molecule is CC1Cc2cc(C(C)C#N)cc(Cl)c2O1. The van der Waals surface area contributed by atoms with E-state index in [0.29, 0.717) is 5.02 Å². The molecular formula is C12H12ClNO. The van der Waals surface area contributed by atoms with Crippen LogP contribution in [0.4, 0.5) is 0 Å². The fourth-order valence-corrected chi connectivity index (χ4v) is 2.13. The highest BCUT2D eigenvalue weighted by Crippen LogP contribution is 2.38. The molecule has 3 heteroatoms. The lowest BCUT2D eigenvalue weighted by atomic mass is 9.99. The van der Waals surface area contributed by atoms with Crippen molar-refractivity contribution in [2.24, 2.45) is 0 Å². The Morgan fingerprint density at radius 3 is 3.00 bits per heavy atom. The molecule has 2 rings (SSSR count). The average molecular weight is 222 g/mol. The summed E-state index contributed by atoms with van der Waals surface area (Å²) in [6.45, 7) is 3.89. The summed E-state index contributed by atoms with van der Waals surface area (Å²) in [6.07, 6.45) is 1.06. The first-order valence-corrected chi connectivity index (χ1v) is 5.38.